The van der Waals surface area contributed by atoms with Gasteiger partial charge in [-0.1, -0.05) is 32.0 Å². The van der Waals surface area contributed by atoms with Crippen molar-refractivity contribution in [2.24, 2.45) is 4.99 Å². The number of nitrogens with one attached hydrogen (secondary N) is 2. The molecule has 0 aliphatic rings. The number of hydrogen-bond acceptors (Lipinski definition) is 4. The van der Waals surface area contributed by atoms with Crippen LogP contribution in [-0.2, 0) is 11.3 Å². The van der Waals surface area contributed by atoms with Gasteiger partial charge in [0.1, 0.15) is 0 Å². The van der Waals surface area contributed by atoms with Crippen LogP contribution in [0.3, 0.4) is 0 Å². The predicted octanol–water partition coefficient (Wildman–Crippen LogP) is 2.73. The number of hydrogen-bond donors (Lipinski definition) is 2. The zero-order valence-electron chi connectivity index (χ0n) is 12.8. The highest BCUT2D eigenvalue weighted by atomic mass is 16.2. The monoisotopic (exact) mass is 296 g/mol. The van der Waals surface area contributed by atoms with Gasteiger partial charge in [0.15, 0.2) is 0 Å². The van der Waals surface area contributed by atoms with Crippen molar-refractivity contribution in [3.63, 3.8) is 0 Å². The molecule has 0 fully saturated rings. The third kappa shape index (κ3) is 4.79. The number of amides is 1. The normalized spacial score (nSPS) is 11.0. The molecule has 0 unspecified atom stereocenters. The Morgan fingerprint density at radius 3 is 2.68 bits per heavy atom. The van der Waals surface area contributed by atoms with Gasteiger partial charge in [0.25, 0.3) is 5.91 Å². The van der Waals surface area contributed by atoms with Gasteiger partial charge < -0.3 is 0 Å². The van der Waals surface area contributed by atoms with Crippen LogP contribution in [0.2, 0.25) is 0 Å². The van der Waals surface area contributed by atoms with Crippen LogP contribution in [0.4, 0.5) is 5.69 Å². The van der Waals surface area contributed by atoms with Gasteiger partial charge in [-0.25, -0.2) is 5.43 Å². The lowest BCUT2D eigenvalue weighted by Gasteiger charge is -2.08. The third-order valence-electron chi connectivity index (χ3n) is 3.13. The summed E-state index contributed by atoms with van der Waals surface area (Å²) in [6.07, 6.45) is 4.72. The number of benzene rings is 1. The van der Waals surface area contributed by atoms with Crippen LogP contribution in [0.1, 0.15) is 30.9 Å². The molecule has 22 heavy (non-hydrogen) atoms. The average molecular weight is 296 g/mol. The lowest BCUT2D eigenvalue weighted by atomic mass is 10.0. The molecule has 0 bridgehead atoms. The van der Waals surface area contributed by atoms with Crippen molar-refractivity contribution in [3.05, 3.63) is 59.9 Å². The lowest BCUT2D eigenvalue weighted by Crippen LogP contribution is -2.37. The van der Waals surface area contributed by atoms with Crippen LogP contribution < -0.4 is 10.9 Å². The van der Waals surface area contributed by atoms with E-state index in [-0.39, 0.29) is 5.91 Å². The Labute approximate surface area is 130 Å². The molecule has 5 nitrogen and oxygen atoms in total. The molecule has 0 aliphatic carbocycles. The molecule has 0 aliphatic heterocycles. The van der Waals surface area contributed by atoms with Gasteiger partial charge in [-0.15, -0.1) is 0 Å². The van der Waals surface area contributed by atoms with E-state index in [1.165, 1.54) is 6.21 Å². The maximum atomic E-state index is 11.8. The number of aromatic nitrogens is 1. The first-order chi connectivity index (χ1) is 10.7. The predicted molar refractivity (Wildman–Crippen MR) is 87.9 cm³/mol. The van der Waals surface area contributed by atoms with E-state index >= 15 is 0 Å². The molecule has 1 aromatic heterocycles. The van der Waals surface area contributed by atoms with Gasteiger partial charge >= 0.3 is 0 Å². The molecule has 5 heteroatoms. The summed E-state index contributed by atoms with van der Waals surface area (Å²) < 4.78 is 0. The zero-order valence-corrected chi connectivity index (χ0v) is 12.8. The zero-order chi connectivity index (χ0) is 15.8. The maximum Gasteiger partial charge on any atom is 0.276 e. The summed E-state index contributed by atoms with van der Waals surface area (Å²) in [5.41, 5.74) is 8.43. The topological polar surface area (TPSA) is 66.4 Å². The third-order valence-corrected chi connectivity index (χ3v) is 3.13. The Bertz CT molecular complexity index is 638. The summed E-state index contributed by atoms with van der Waals surface area (Å²) in [5, 5.41) is 0. The van der Waals surface area contributed by atoms with Crippen molar-refractivity contribution >= 4 is 17.8 Å². The minimum Gasteiger partial charge on any atom is -0.286 e. The van der Waals surface area contributed by atoms with Crippen molar-refractivity contribution < 1.29 is 4.79 Å². The molecular formula is C17H20N4O. The van der Waals surface area contributed by atoms with E-state index in [1.807, 2.05) is 36.4 Å². The molecule has 2 rings (SSSR count). The lowest BCUT2D eigenvalue weighted by molar-refractivity contribution is -0.115. The van der Waals surface area contributed by atoms with E-state index in [1.54, 1.807) is 12.4 Å². The minimum atomic E-state index is -0.285. The largest absolute Gasteiger partial charge is 0.286 e. The van der Waals surface area contributed by atoms with Crippen molar-refractivity contribution in [1.29, 1.82) is 0 Å². The Morgan fingerprint density at radius 2 is 1.95 bits per heavy atom. The molecule has 2 aromatic rings. The number of aliphatic imine (C=N–C) groups is 1. The summed E-state index contributed by atoms with van der Waals surface area (Å²) in [6.45, 7) is 4.74. The van der Waals surface area contributed by atoms with Gasteiger partial charge in [0.05, 0.1) is 11.9 Å². The number of nitrogens with zero attached hydrogens (tertiary/aromatic N) is 2. The van der Waals surface area contributed by atoms with Crippen LogP contribution in [0, 0.1) is 0 Å². The molecule has 0 atom stereocenters. The van der Waals surface area contributed by atoms with Crippen LogP contribution in [0.25, 0.3) is 0 Å². The second-order valence-electron chi connectivity index (χ2n) is 5.17. The Morgan fingerprint density at radius 1 is 1.23 bits per heavy atom. The summed E-state index contributed by atoms with van der Waals surface area (Å²) in [4.78, 5) is 20.0. The highest BCUT2D eigenvalue weighted by Gasteiger charge is 2.04. The fourth-order valence-electron chi connectivity index (χ4n) is 1.99. The van der Waals surface area contributed by atoms with Gasteiger partial charge in [-0.3, -0.25) is 20.2 Å². The molecule has 0 radical (unpaired) electrons. The first kappa shape index (κ1) is 15.9. The number of pyridine rings is 1. The summed E-state index contributed by atoms with van der Waals surface area (Å²) in [5.74, 6) is 0.0776. The standard InChI is InChI=1S/C17H20N4O/c1-13(2)15-5-3-4-6-16(15)19-12-17(22)21-20-11-14-7-9-18-10-8-14/h3-10,12-13,20H,11H2,1-2H3,(H,21,22). The average Bonchev–Trinajstić information content (AvgIpc) is 2.54. The molecule has 0 spiro atoms. The van der Waals surface area contributed by atoms with Crippen molar-refractivity contribution in [2.75, 3.05) is 0 Å². The van der Waals surface area contributed by atoms with Crippen LogP contribution >= 0.6 is 0 Å². The molecule has 114 valence electrons. The molecule has 1 amide bonds. The maximum absolute atomic E-state index is 11.8. The summed E-state index contributed by atoms with van der Waals surface area (Å²) in [7, 11) is 0. The van der Waals surface area contributed by atoms with Crippen LogP contribution in [0.15, 0.2) is 53.8 Å². The van der Waals surface area contributed by atoms with E-state index in [2.05, 4.69) is 34.7 Å². The van der Waals surface area contributed by atoms with Gasteiger partial charge in [0.2, 0.25) is 0 Å². The van der Waals surface area contributed by atoms with Crippen molar-refractivity contribution in [1.82, 2.24) is 15.8 Å². The van der Waals surface area contributed by atoms with E-state index in [9.17, 15) is 4.79 Å². The highest BCUT2D eigenvalue weighted by Crippen LogP contribution is 2.25. The Kier molecular flexibility index (Phi) is 5.80. The van der Waals surface area contributed by atoms with Gasteiger partial charge in [-0.2, -0.15) is 0 Å². The fraction of sp³-hybridized carbons (Fsp3) is 0.235. The molecule has 0 saturated carbocycles. The molecular weight excluding hydrogens is 276 g/mol. The SMILES string of the molecule is CC(C)c1ccccc1N=CC(=O)NNCc1ccncc1. The van der Waals surface area contributed by atoms with E-state index in [0.29, 0.717) is 12.5 Å². The van der Waals surface area contributed by atoms with Gasteiger partial charge in [0, 0.05) is 18.9 Å². The van der Waals surface area contributed by atoms with Gasteiger partial charge in [-0.05, 0) is 35.2 Å². The van der Waals surface area contributed by atoms with Crippen LogP contribution in [0.5, 0.6) is 0 Å². The number of carbonyl (C=O) groups excluding carboxylic acids is 1. The van der Waals surface area contributed by atoms with Crippen molar-refractivity contribution in [3.8, 4) is 0 Å². The molecule has 0 saturated heterocycles. The molecule has 1 heterocycles. The van der Waals surface area contributed by atoms with Crippen LogP contribution in [-0.4, -0.2) is 17.1 Å². The Balaban J connectivity index is 1.87. The number of rotatable bonds is 6. The minimum absolute atomic E-state index is 0.285. The van der Waals surface area contributed by atoms with E-state index in [4.69, 9.17) is 0 Å². The Hall–Kier alpha value is -2.53. The number of para-hydroxylation sites is 1. The van der Waals surface area contributed by atoms with Crippen molar-refractivity contribution in [2.45, 2.75) is 26.3 Å². The second-order valence-corrected chi connectivity index (χ2v) is 5.17. The first-order valence-electron chi connectivity index (χ1n) is 7.21. The smallest absolute Gasteiger partial charge is 0.276 e. The summed E-state index contributed by atoms with van der Waals surface area (Å²) in [6, 6.07) is 11.6. The molecule has 1 aromatic carbocycles. The fourth-order valence-corrected chi connectivity index (χ4v) is 1.99. The first-order valence-corrected chi connectivity index (χ1v) is 7.21. The second kappa shape index (κ2) is 8.05. The molecule has 2 N–H and O–H groups in total. The number of hydrazine groups is 1. The summed E-state index contributed by atoms with van der Waals surface area (Å²) >= 11 is 0. The highest BCUT2D eigenvalue weighted by molar-refractivity contribution is 6.26. The van der Waals surface area contributed by atoms with E-state index < -0.39 is 0 Å². The number of carbonyl (C=O) groups is 1. The van der Waals surface area contributed by atoms with E-state index in [0.717, 1.165) is 16.8 Å². The quantitative estimate of drug-likeness (QED) is 0.636.